The van der Waals surface area contributed by atoms with Crippen LogP contribution in [-0.2, 0) is 13.7 Å². The molecule has 1 aromatic carbocycles. The summed E-state index contributed by atoms with van der Waals surface area (Å²) in [5, 5.41) is 13.0. The number of ether oxygens (including phenoxy) is 1. The minimum Gasteiger partial charge on any atom is -0.485 e. The van der Waals surface area contributed by atoms with Crippen molar-refractivity contribution in [3.8, 4) is 5.75 Å². The van der Waals surface area contributed by atoms with Gasteiger partial charge in [-0.2, -0.15) is 5.10 Å². The van der Waals surface area contributed by atoms with Gasteiger partial charge in [-0.25, -0.2) is 9.78 Å². The molecule has 0 saturated carbocycles. The van der Waals surface area contributed by atoms with Gasteiger partial charge in [-0.1, -0.05) is 0 Å². The number of carboxylic acid groups (broad SMARTS) is 1. The van der Waals surface area contributed by atoms with Crippen LogP contribution in [0.4, 0.5) is 0 Å². The molecular formula is C11H10IN3O3. The number of aromatic nitrogens is 3. The summed E-state index contributed by atoms with van der Waals surface area (Å²) in [6, 6.07) is 5.00. The van der Waals surface area contributed by atoms with Gasteiger partial charge in [-0.15, -0.1) is 0 Å². The van der Waals surface area contributed by atoms with Gasteiger partial charge in [0.1, 0.15) is 24.2 Å². The van der Waals surface area contributed by atoms with Crippen molar-refractivity contribution in [2.45, 2.75) is 6.61 Å². The lowest BCUT2D eigenvalue weighted by molar-refractivity contribution is 0.0691. The summed E-state index contributed by atoms with van der Waals surface area (Å²) >= 11 is 2.05. The van der Waals surface area contributed by atoms with Crippen LogP contribution in [-0.4, -0.2) is 25.8 Å². The van der Waals surface area contributed by atoms with E-state index in [4.69, 9.17) is 9.84 Å². The number of hydrogen-bond acceptors (Lipinski definition) is 4. The van der Waals surface area contributed by atoms with Crippen molar-refractivity contribution in [2.75, 3.05) is 0 Å². The molecule has 0 unspecified atom stereocenters. The number of rotatable bonds is 4. The molecule has 0 bridgehead atoms. The first kappa shape index (κ1) is 12.8. The Morgan fingerprint density at radius 2 is 2.33 bits per heavy atom. The van der Waals surface area contributed by atoms with Crippen molar-refractivity contribution in [3.63, 3.8) is 0 Å². The largest absolute Gasteiger partial charge is 0.485 e. The molecule has 18 heavy (non-hydrogen) atoms. The first-order chi connectivity index (χ1) is 8.58. The predicted octanol–water partition coefficient (Wildman–Crippen LogP) is 1.70. The molecule has 0 aliphatic carbocycles. The van der Waals surface area contributed by atoms with E-state index in [2.05, 4.69) is 32.7 Å². The second-order valence-corrected chi connectivity index (χ2v) is 4.78. The lowest BCUT2D eigenvalue weighted by atomic mass is 10.2. The zero-order valence-corrected chi connectivity index (χ0v) is 11.7. The second kappa shape index (κ2) is 5.34. The van der Waals surface area contributed by atoms with E-state index in [9.17, 15) is 4.79 Å². The molecule has 2 aromatic rings. The molecule has 0 aliphatic heterocycles. The van der Waals surface area contributed by atoms with Crippen LogP contribution in [0, 0.1) is 3.57 Å². The van der Waals surface area contributed by atoms with E-state index >= 15 is 0 Å². The fourth-order valence-corrected chi connectivity index (χ4v) is 1.88. The Morgan fingerprint density at radius 3 is 2.94 bits per heavy atom. The molecule has 0 spiro atoms. The van der Waals surface area contributed by atoms with Gasteiger partial charge in [0.15, 0.2) is 5.82 Å². The molecule has 0 saturated heterocycles. The van der Waals surface area contributed by atoms with Crippen molar-refractivity contribution >= 4 is 28.6 Å². The Kier molecular flexibility index (Phi) is 3.80. The zero-order chi connectivity index (χ0) is 13.1. The number of hydrogen-bond donors (Lipinski definition) is 1. The van der Waals surface area contributed by atoms with E-state index in [0.29, 0.717) is 11.6 Å². The smallest absolute Gasteiger partial charge is 0.339 e. The minimum atomic E-state index is -1.01. The van der Waals surface area contributed by atoms with Crippen LogP contribution in [0.1, 0.15) is 16.2 Å². The highest BCUT2D eigenvalue weighted by molar-refractivity contribution is 14.1. The van der Waals surface area contributed by atoms with Crippen molar-refractivity contribution in [1.29, 1.82) is 0 Å². The minimum absolute atomic E-state index is 0.143. The van der Waals surface area contributed by atoms with Gasteiger partial charge in [0.2, 0.25) is 0 Å². The van der Waals surface area contributed by atoms with Crippen molar-refractivity contribution in [3.05, 3.63) is 39.5 Å². The van der Waals surface area contributed by atoms with Crippen molar-refractivity contribution < 1.29 is 14.6 Å². The normalized spacial score (nSPS) is 10.3. The van der Waals surface area contributed by atoms with E-state index < -0.39 is 5.97 Å². The lowest BCUT2D eigenvalue weighted by Gasteiger charge is -2.08. The van der Waals surface area contributed by atoms with E-state index in [0.717, 1.165) is 3.57 Å². The number of aromatic carboxylic acids is 1. The van der Waals surface area contributed by atoms with Crippen LogP contribution in [0.15, 0.2) is 24.5 Å². The Labute approximate surface area is 117 Å². The van der Waals surface area contributed by atoms with E-state index in [1.165, 1.54) is 6.33 Å². The highest BCUT2D eigenvalue weighted by atomic mass is 127. The highest BCUT2D eigenvalue weighted by Gasteiger charge is 2.12. The molecule has 7 heteroatoms. The fourth-order valence-electron chi connectivity index (χ4n) is 1.39. The van der Waals surface area contributed by atoms with Gasteiger partial charge in [0.25, 0.3) is 0 Å². The van der Waals surface area contributed by atoms with Crippen molar-refractivity contribution in [2.24, 2.45) is 7.05 Å². The fraction of sp³-hybridized carbons (Fsp3) is 0.182. The predicted molar refractivity (Wildman–Crippen MR) is 71.5 cm³/mol. The number of benzene rings is 1. The third-order valence-electron chi connectivity index (χ3n) is 2.33. The molecule has 0 radical (unpaired) electrons. The second-order valence-electron chi connectivity index (χ2n) is 3.53. The summed E-state index contributed by atoms with van der Waals surface area (Å²) in [6.07, 6.45) is 1.42. The Balaban J connectivity index is 2.19. The van der Waals surface area contributed by atoms with E-state index in [1.54, 1.807) is 29.9 Å². The maximum atomic E-state index is 11.1. The molecule has 0 aliphatic rings. The van der Waals surface area contributed by atoms with Crippen LogP contribution in [0.3, 0.4) is 0 Å². The van der Waals surface area contributed by atoms with Crippen LogP contribution >= 0.6 is 22.6 Å². The summed E-state index contributed by atoms with van der Waals surface area (Å²) in [6.45, 7) is 0.178. The molecule has 1 N–H and O–H groups in total. The topological polar surface area (TPSA) is 77.2 Å². The van der Waals surface area contributed by atoms with Gasteiger partial charge in [-0.05, 0) is 40.8 Å². The summed E-state index contributed by atoms with van der Waals surface area (Å²) < 4.78 is 7.89. The number of halogens is 1. The molecule has 0 amide bonds. The number of nitrogens with zero attached hydrogens (tertiary/aromatic N) is 3. The Hall–Kier alpha value is -1.64. The quantitative estimate of drug-likeness (QED) is 0.841. The summed E-state index contributed by atoms with van der Waals surface area (Å²) in [5.41, 5.74) is 0.143. The van der Waals surface area contributed by atoms with E-state index in [-0.39, 0.29) is 12.2 Å². The Bertz CT molecular complexity index is 583. The van der Waals surface area contributed by atoms with Gasteiger partial charge < -0.3 is 9.84 Å². The summed E-state index contributed by atoms with van der Waals surface area (Å²) in [7, 11) is 1.75. The third-order valence-corrected chi connectivity index (χ3v) is 3.00. The molecule has 1 aromatic heterocycles. The molecule has 94 valence electrons. The average Bonchev–Trinajstić information content (AvgIpc) is 2.73. The first-order valence-corrected chi connectivity index (χ1v) is 6.14. The maximum Gasteiger partial charge on any atom is 0.339 e. The first-order valence-electron chi connectivity index (χ1n) is 5.06. The lowest BCUT2D eigenvalue weighted by Crippen LogP contribution is -2.07. The van der Waals surface area contributed by atoms with Gasteiger partial charge in [0.05, 0.1) is 0 Å². The molecule has 6 nitrogen and oxygen atoms in total. The number of aryl methyl sites for hydroxylation is 1. The van der Waals surface area contributed by atoms with Crippen LogP contribution in [0.25, 0.3) is 0 Å². The average molecular weight is 359 g/mol. The SMILES string of the molecule is Cn1ncnc1COc1ccc(I)cc1C(=O)O. The summed E-state index contributed by atoms with van der Waals surface area (Å²) in [4.78, 5) is 15.1. The highest BCUT2D eigenvalue weighted by Crippen LogP contribution is 2.22. The van der Waals surface area contributed by atoms with Crippen LogP contribution < -0.4 is 4.74 Å². The standard InChI is InChI=1S/C11H10IN3O3/c1-15-10(13-6-14-15)5-18-9-3-2-7(12)4-8(9)11(16)17/h2-4,6H,5H2,1H3,(H,16,17). The molecule has 1 heterocycles. The number of carbonyl (C=O) groups is 1. The Morgan fingerprint density at radius 1 is 1.56 bits per heavy atom. The van der Waals surface area contributed by atoms with Gasteiger partial charge in [0, 0.05) is 10.6 Å². The molecule has 0 atom stereocenters. The van der Waals surface area contributed by atoms with Crippen molar-refractivity contribution in [1.82, 2.24) is 14.8 Å². The van der Waals surface area contributed by atoms with Crippen LogP contribution in [0.2, 0.25) is 0 Å². The maximum absolute atomic E-state index is 11.1. The molecule has 0 fully saturated rings. The van der Waals surface area contributed by atoms with Gasteiger partial charge >= 0.3 is 5.97 Å². The van der Waals surface area contributed by atoms with E-state index in [1.807, 2.05) is 0 Å². The zero-order valence-electron chi connectivity index (χ0n) is 9.50. The molecule has 2 rings (SSSR count). The summed E-state index contributed by atoms with van der Waals surface area (Å²) in [5.74, 6) is -0.0581. The molecular weight excluding hydrogens is 349 g/mol. The monoisotopic (exact) mass is 359 g/mol. The third kappa shape index (κ3) is 2.78. The van der Waals surface area contributed by atoms with Crippen LogP contribution in [0.5, 0.6) is 5.75 Å². The van der Waals surface area contributed by atoms with Gasteiger partial charge in [-0.3, -0.25) is 4.68 Å². The number of carboxylic acids is 1.